The molecule has 0 aromatic heterocycles. The number of nitrogens with zero attached hydrogens (tertiary/aromatic N) is 1. The molecule has 1 aliphatic carbocycles. The Morgan fingerprint density at radius 3 is 2.32 bits per heavy atom. The first kappa shape index (κ1) is 23.1. The highest BCUT2D eigenvalue weighted by Crippen LogP contribution is 2.27. The molecule has 2 aromatic carbocycles. The molecule has 0 aliphatic heterocycles. The fraction of sp³-hybridized carbons (Fsp3) is 0.458. The van der Waals surface area contributed by atoms with Crippen LogP contribution in [-0.2, 0) is 27.7 Å². The summed E-state index contributed by atoms with van der Waals surface area (Å²) in [5.74, 6) is 0.290. The summed E-state index contributed by atoms with van der Waals surface area (Å²) in [6.45, 7) is 3.63. The summed E-state index contributed by atoms with van der Waals surface area (Å²) < 4.78 is 31.4. The molecule has 0 fully saturated rings. The molecule has 168 valence electrons. The number of hydrogen-bond donors (Lipinski definition) is 1. The lowest BCUT2D eigenvalue weighted by Crippen LogP contribution is -2.48. The Morgan fingerprint density at radius 2 is 1.74 bits per heavy atom. The Hall–Kier alpha value is -2.54. The van der Waals surface area contributed by atoms with Gasteiger partial charge >= 0.3 is 0 Å². The van der Waals surface area contributed by atoms with Crippen LogP contribution in [0.1, 0.15) is 55.8 Å². The van der Waals surface area contributed by atoms with Gasteiger partial charge in [-0.3, -0.25) is 9.10 Å². The van der Waals surface area contributed by atoms with Crippen molar-refractivity contribution in [3.8, 4) is 5.75 Å². The lowest BCUT2D eigenvalue weighted by atomic mass is 9.88. The van der Waals surface area contributed by atoms with Crippen LogP contribution in [0, 0.1) is 0 Å². The predicted octanol–water partition coefficient (Wildman–Crippen LogP) is 4.00. The van der Waals surface area contributed by atoms with Crippen LogP contribution in [0.25, 0.3) is 0 Å². The molecule has 0 saturated heterocycles. The number of hydrogen-bond acceptors (Lipinski definition) is 4. The predicted molar refractivity (Wildman–Crippen MR) is 124 cm³/mol. The van der Waals surface area contributed by atoms with E-state index in [1.165, 1.54) is 24.0 Å². The summed E-state index contributed by atoms with van der Waals surface area (Å²) in [5.41, 5.74) is 4.25. The molecule has 1 N–H and O–H groups in total. The van der Waals surface area contributed by atoms with Gasteiger partial charge in [0.15, 0.2) is 0 Å². The van der Waals surface area contributed by atoms with Gasteiger partial charge in [-0.15, -0.1) is 0 Å². The molecule has 0 spiro atoms. The van der Waals surface area contributed by atoms with Gasteiger partial charge in [-0.25, -0.2) is 8.42 Å². The largest absolute Gasteiger partial charge is 0.497 e. The van der Waals surface area contributed by atoms with E-state index in [1.54, 1.807) is 38.3 Å². The Labute approximate surface area is 185 Å². The highest BCUT2D eigenvalue weighted by molar-refractivity contribution is 7.92. The smallest absolute Gasteiger partial charge is 0.244 e. The number of sulfonamides is 1. The van der Waals surface area contributed by atoms with Crippen LogP contribution in [0.5, 0.6) is 5.75 Å². The zero-order valence-corrected chi connectivity index (χ0v) is 19.5. The number of ether oxygens (including phenoxy) is 1. The molecule has 0 unspecified atom stereocenters. The number of rotatable bonds is 8. The highest BCUT2D eigenvalue weighted by atomic mass is 32.2. The van der Waals surface area contributed by atoms with Gasteiger partial charge in [0.05, 0.1) is 25.1 Å². The van der Waals surface area contributed by atoms with E-state index in [4.69, 9.17) is 4.74 Å². The standard InChI is InChI=1S/C24H32N2O4S/c1-5-23(20-11-10-18-8-6-7-9-19(18)16-20)25-24(27)17(2)26(31(4,28)29)21-12-14-22(30-3)15-13-21/h10-17,23H,5-9H2,1-4H3,(H,25,27)/t17-,23+/m1/s1. The first-order valence-electron chi connectivity index (χ1n) is 10.8. The van der Waals surface area contributed by atoms with Crippen LogP contribution in [-0.4, -0.2) is 33.7 Å². The van der Waals surface area contributed by atoms with Gasteiger partial charge < -0.3 is 10.1 Å². The van der Waals surface area contributed by atoms with Gasteiger partial charge in [-0.2, -0.15) is 0 Å². The van der Waals surface area contributed by atoms with Gasteiger partial charge in [-0.1, -0.05) is 25.1 Å². The number of carbonyl (C=O) groups excluding carboxylic acids is 1. The quantitative estimate of drug-likeness (QED) is 0.668. The Bertz CT molecular complexity index is 1020. The number of carbonyl (C=O) groups is 1. The van der Waals surface area contributed by atoms with E-state index in [0.29, 0.717) is 11.4 Å². The molecule has 0 saturated carbocycles. The van der Waals surface area contributed by atoms with Crippen molar-refractivity contribution in [2.45, 2.75) is 58.0 Å². The van der Waals surface area contributed by atoms with E-state index in [0.717, 1.165) is 35.4 Å². The summed E-state index contributed by atoms with van der Waals surface area (Å²) in [4.78, 5) is 13.1. The number of nitrogens with one attached hydrogen (secondary N) is 1. The summed E-state index contributed by atoms with van der Waals surface area (Å²) >= 11 is 0. The second-order valence-corrected chi connectivity index (χ2v) is 10.00. The van der Waals surface area contributed by atoms with Crippen LogP contribution in [0.4, 0.5) is 5.69 Å². The van der Waals surface area contributed by atoms with Crippen LogP contribution in [0.15, 0.2) is 42.5 Å². The third-order valence-corrected chi connectivity index (χ3v) is 7.16. The highest BCUT2D eigenvalue weighted by Gasteiger charge is 2.30. The van der Waals surface area contributed by atoms with Crippen molar-refractivity contribution in [2.24, 2.45) is 0 Å². The number of fused-ring (bicyclic) bond motifs is 1. The van der Waals surface area contributed by atoms with E-state index in [1.807, 2.05) is 6.92 Å². The molecular weight excluding hydrogens is 412 g/mol. The van der Waals surface area contributed by atoms with Crippen molar-refractivity contribution < 1.29 is 17.9 Å². The Kier molecular flexibility index (Phi) is 7.26. The van der Waals surface area contributed by atoms with E-state index >= 15 is 0 Å². The van der Waals surface area contributed by atoms with Gasteiger partial charge in [0.1, 0.15) is 11.8 Å². The van der Waals surface area contributed by atoms with E-state index in [2.05, 4.69) is 23.5 Å². The Balaban J connectivity index is 1.81. The first-order chi connectivity index (χ1) is 14.7. The SMILES string of the molecule is CC[C@H](NC(=O)[C@@H](C)N(c1ccc(OC)cc1)S(C)(=O)=O)c1ccc2c(c1)CCCC2. The van der Waals surface area contributed by atoms with Crippen LogP contribution in [0.2, 0.25) is 0 Å². The lowest BCUT2D eigenvalue weighted by Gasteiger charge is -2.30. The molecule has 0 bridgehead atoms. The molecule has 2 aromatic rings. The summed E-state index contributed by atoms with van der Waals surface area (Å²) in [5, 5.41) is 3.06. The van der Waals surface area contributed by atoms with Crippen LogP contribution >= 0.6 is 0 Å². The average molecular weight is 445 g/mol. The molecular formula is C24H32N2O4S. The van der Waals surface area contributed by atoms with Crippen molar-refractivity contribution in [1.29, 1.82) is 0 Å². The van der Waals surface area contributed by atoms with Crippen LogP contribution in [0.3, 0.4) is 0 Å². The second kappa shape index (κ2) is 9.73. The number of methoxy groups -OCH3 is 1. The minimum Gasteiger partial charge on any atom is -0.497 e. The maximum absolute atomic E-state index is 13.1. The number of anilines is 1. The van der Waals surface area contributed by atoms with Gasteiger partial charge in [0, 0.05) is 0 Å². The van der Waals surface area contributed by atoms with Crippen molar-refractivity contribution in [3.63, 3.8) is 0 Å². The number of benzene rings is 2. The monoisotopic (exact) mass is 444 g/mol. The van der Waals surface area contributed by atoms with Crippen molar-refractivity contribution >= 4 is 21.6 Å². The third kappa shape index (κ3) is 5.39. The van der Waals surface area contributed by atoms with Crippen LogP contribution < -0.4 is 14.4 Å². The van der Waals surface area contributed by atoms with Crippen molar-refractivity contribution in [1.82, 2.24) is 5.32 Å². The molecule has 1 amide bonds. The molecule has 0 radical (unpaired) electrons. The van der Waals surface area contributed by atoms with Gasteiger partial charge in [0.2, 0.25) is 15.9 Å². The second-order valence-electron chi connectivity index (χ2n) is 8.14. The van der Waals surface area contributed by atoms with E-state index < -0.39 is 16.1 Å². The maximum Gasteiger partial charge on any atom is 0.244 e. The Morgan fingerprint density at radius 1 is 1.10 bits per heavy atom. The first-order valence-corrected chi connectivity index (χ1v) is 12.6. The summed E-state index contributed by atoms with van der Waals surface area (Å²) in [6, 6.07) is 12.0. The molecule has 1 aliphatic rings. The molecule has 31 heavy (non-hydrogen) atoms. The number of aryl methyl sites for hydroxylation is 2. The zero-order valence-electron chi connectivity index (χ0n) is 18.7. The molecule has 3 rings (SSSR count). The maximum atomic E-state index is 13.1. The molecule has 7 heteroatoms. The van der Waals surface area contributed by atoms with Crippen molar-refractivity contribution in [2.75, 3.05) is 17.7 Å². The minimum atomic E-state index is -3.67. The van der Waals surface area contributed by atoms with Gasteiger partial charge in [-0.05, 0) is 80.0 Å². The minimum absolute atomic E-state index is 0.167. The normalized spacial score (nSPS) is 15.5. The molecule has 0 heterocycles. The third-order valence-electron chi connectivity index (χ3n) is 5.92. The van der Waals surface area contributed by atoms with E-state index in [-0.39, 0.29) is 11.9 Å². The fourth-order valence-corrected chi connectivity index (χ4v) is 5.40. The summed E-state index contributed by atoms with van der Waals surface area (Å²) in [6.07, 6.45) is 6.44. The zero-order chi connectivity index (χ0) is 22.6. The fourth-order valence-electron chi connectivity index (χ4n) is 4.22. The van der Waals surface area contributed by atoms with Crippen molar-refractivity contribution in [3.05, 3.63) is 59.2 Å². The summed E-state index contributed by atoms with van der Waals surface area (Å²) in [7, 11) is -2.12. The van der Waals surface area contributed by atoms with E-state index in [9.17, 15) is 13.2 Å². The molecule has 6 nitrogen and oxygen atoms in total. The average Bonchev–Trinajstić information content (AvgIpc) is 2.76. The number of amides is 1. The molecule has 2 atom stereocenters. The van der Waals surface area contributed by atoms with Gasteiger partial charge in [0.25, 0.3) is 0 Å². The lowest BCUT2D eigenvalue weighted by molar-refractivity contribution is -0.122. The topological polar surface area (TPSA) is 75.7 Å².